The van der Waals surface area contributed by atoms with Gasteiger partial charge in [0.1, 0.15) is 21.3 Å². The number of methoxy groups -OCH3 is 2. The predicted octanol–water partition coefficient (Wildman–Crippen LogP) is 3.63. The van der Waals surface area contributed by atoms with Gasteiger partial charge in [-0.1, -0.05) is 11.6 Å². The summed E-state index contributed by atoms with van der Waals surface area (Å²) in [5.41, 5.74) is -0.0868. The van der Waals surface area contributed by atoms with Gasteiger partial charge in [-0.2, -0.15) is 4.31 Å². The van der Waals surface area contributed by atoms with Crippen LogP contribution in [0.5, 0.6) is 11.5 Å². The van der Waals surface area contributed by atoms with Crippen molar-refractivity contribution in [3.63, 3.8) is 0 Å². The van der Waals surface area contributed by atoms with Crippen molar-refractivity contribution in [3.05, 3.63) is 56.4 Å². The number of halogens is 1. The van der Waals surface area contributed by atoms with E-state index >= 15 is 0 Å². The fraction of sp³-hybridized carbons (Fsp3) is 0.286. The highest BCUT2D eigenvalue weighted by atomic mass is 35.5. The molecule has 34 heavy (non-hydrogen) atoms. The van der Waals surface area contributed by atoms with E-state index in [0.29, 0.717) is 15.8 Å². The Kier molecular flexibility index (Phi) is 6.67. The van der Waals surface area contributed by atoms with E-state index in [4.69, 9.17) is 21.1 Å². The predicted molar refractivity (Wildman–Crippen MR) is 128 cm³/mol. The molecule has 1 aliphatic rings. The highest BCUT2D eigenvalue weighted by Crippen LogP contribution is 2.38. The zero-order valence-electron chi connectivity index (χ0n) is 18.2. The number of thiophene rings is 1. The molecule has 1 saturated heterocycles. The summed E-state index contributed by atoms with van der Waals surface area (Å²) in [6, 6.07) is 8.79. The molecule has 0 radical (unpaired) electrons. The Balaban J connectivity index is 1.53. The molecule has 1 aromatic heterocycles. The zero-order valence-corrected chi connectivity index (χ0v) is 20.6. The number of ether oxygens (including phenoxy) is 2. The zero-order chi connectivity index (χ0) is 24.6. The molecular formula is C21H20ClN3O7S2. The van der Waals surface area contributed by atoms with Crippen LogP contribution < -0.4 is 9.47 Å². The Hall–Kier alpha value is -2.93. The van der Waals surface area contributed by atoms with Crippen LogP contribution in [0.25, 0.3) is 10.1 Å². The fourth-order valence-electron chi connectivity index (χ4n) is 3.70. The van der Waals surface area contributed by atoms with E-state index in [1.807, 2.05) is 0 Å². The first kappa shape index (κ1) is 24.2. The van der Waals surface area contributed by atoms with Crippen LogP contribution in [-0.2, 0) is 10.0 Å². The molecule has 0 unspecified atom stereocenters. The highest BCUT2D eigenvalue weighted by Gasteiger charge is 2.34. The van der Waals surface area contributed by atoms with Gasteiger partial charge in [0.15, 0.2) is 0 Å². The molecule has 3 aromatic rings. The minimum Gasteiger partial charge on any atom is -0.497 e. The maximum Gasteiger partial charge on any atom is 0.270 e. The molecule has 2 heterocycles. The van der Waals surface area contributed by atoms with E-state index in [0.717, 1.165) is 11.3 Å². The number of carbonyl (C=O) groups excluding carboxylic acids is 1. The number of hydrogen-bond acceptors (Lipinski definition) is 8. The van der Waals surface area contributed by atoms with Gasteiger partial charge in [-0.25, -0.2) is 8.42 Å². The van der Waals surface area contributed by atoms with Crippen molar-refractivity contribution in [1.29, 1.82) is 0 Å². The van der Waals surface area contributed by atoms with Crippen molar-refractivity contribution < 1.29 is 27.6 Å². The second-order valence-corrected chi connectivity index (χ2v) is 10.7. The van der Waals surface area contributed by atoms with Gasteiger partial charge in [0.05, 0.1) is 24.2 Å². The normalized spacial score (nSPS) is 14.9. The number of nitro groups is 1. The molecule has 0 bridgehead atoms. The molecule has 1 fully saturated rings. The van der Waals surface area contributed by atoms with Gasteiger partial charge in [-0.05, 0) is 18.2 Å². The van der Waals surface area contributed by atoms with E-state index in [1.165, 1.54) is 53.8 Å². The molecule has 0 aliphatic carbocycles. The third-order valence-electron chi connectivity index (χ3n) is 5.53. The largest absolute Gasteiger partial charge is 0.497 e. The summed E-state index contributed by atoms with van der Waals surface area (Å²) in [6.07, 6.45) is 0. The number of nitro benzene ring substituents is 1. The first-order chi connectivity index (χ1) is 16.2. The number of amides is 1. The van der Waals surface area contributed by atoms with E-state index in [-0.39, 0.29) is 58.3 Å². The molecule has 1 aliphatic heterocycles. The van der Waals surface area contributed by atoms with Crippen molar-refractivity contribution in [1.82, 2.24) is 9.21 Å². The van der Waals surface area contributed by atoms with Gasteiger partial charge in [-0.3, -0.25) is 14.9 Å². The van der Waals surface area contributed by atoms with Crippen LogP contribution in [0.4, 0.5) is 5.69 Å². The van der Waals surface area contributed by atoms with Crippen LogP contribution in [-0.4, -0.2) is 68.9 Å². The van der Waals surface area contributed by atoms with Crippen LogP contribution in [0.3, 0.4) is 0 Å². The van der Waals surface area contributed by atoms with E-state index in [9.17, 15) is 23.3 Å². The SMILES string of the molecule is COc1ccc(OC)c(S(=O)(=O)N2CCN(C(=O)c3sc4cc([N+](=O)[O-])ccc4c3Cl)CC2)c1. The van der Waals surface area contributed by atoms with Gasteiger partial charge >= 0.3 is 0 Å². The van der Waals surface area contributed by atoms with Crippen LogP contribution in [0.2, 0.25) is 5.02 Å². The molecule has 0 atom stereocenters. The van der Waals surface area contributed by atoms with Gasteiger partial charge in [0.25, 0.3) is 11.6 Å². The Morgan fingerprint density at radius 3 is 2.41 bits per heavy atom. The minimum atomic E-state index is -3.89. The topological polar surface area (TPSA) is 119 Å². The lowest BCUT2D eigenvalue weighted by atomic mass is 10.2. The Morgan fingerprint density at radius 1 is 1.09 bits per heavy atom. The van der Waals surface area contributed by atoms with E-state index in [1.54, 1.807) is 6.07 Å². The molecule has 10 nitrogen and oxygen atoms in total. The molecule has 0 saturated carbocycles. The van der Waals surface area contributed by atoms with Crippen molar-refractivity contribution in [2.45, 2.75) is 4.90 Å². The van der Waals surface area contributed by atoms with E-state index in [2.05, 4.69) is 0 Å². The maximum absolute atomic E-state index is 13.3. The second-order valence-electron chi connectivity index (χ2n) is 7.40. The van der Waals surface area contributed by atoms with Crippen LogP contribution in [0.1, 0.15) is 9.67 Å². The number of nitrogens with zero attached hydrogens (tertiary/aromatic N) is 3. The van der Waals surface area contributed by atoms with Crippen molar-refractivity contribution >= 4 is 54.6 Å². The van der Waals surface area contributed by atoms with Crippen molar-refractivity contribution in [2.75, 3.05) is 40.4 Å². The van der Waals surface area contributed by atoms with Gasteiger partial charge in [0.2, 0.25) is 10.0 Å². The summed E-state index contributed by atoms with van der Waals surface area (Å²) < 4.78 is 38.7. The molecule has 0 spiro atoms. The minimum absolute atomic E-state index is 0.0109. The lowest BCUT2D eigenvalue weighted by Gasteiger charge is -2.34. The van der Waals surface area contributed by atoms with E-state index < -0.39 is 14.9 Å². The number of hydrogen-bond donors (Lipinski definition) is 0. The van der Waals surface area contributed by atoms with Gasteiger partial charge in [-0.15, -0.1) is 11.3 Å². The van der Waals surface area contributed by atoms with Crippen LogP contribution >= 0.6 is 22.9 Å². The number of non-ortho nitro benzene ring substituents is 1. The standard InChI is InChI=1S/C21H20ClN3O7S2/c1-31-14-4-6-16(32-2)18(12-14)34(29,30)24-9-7-23(8-10-24)21(26)20-19(22)15-5-3-13(25(27)28)11-17(15)33-20/h3-6,11-12H,7-10H2,1-2H3. The first-order valence-corrected chi connectivity index (χ1v) is 12.7. The van der Waals surface area contributed by atoms with Crippen molar-refractivity contribution in [2.24, 2.45) is 0 Å². The molecule has 180 valence electrons. The lowest BCUT2D eigenvalue weighted by molar-refractivity contribution is -0.384. The summed E-state index contributed by atoms with van der Waals surface area (Å²) in [5, 5.41) is 11.8. The summed E-state index contributed by atoms with van der Waals surface area (Å²) >= 11 is 7.49. The number of piperazine rings is 1. The number of benzene rings is 2. The summed E-state index contributed by atoms with van der Waals surface area (Å²) in [4.78, 5) is 25.4. The number of sulfonamides is 1. The molecule has 13 heteroatoms. The quantitative estimate of drug-likeness (QED) is 0.356. The number of fused-ring (bicyclic) bond motifs is 1. The second kappa shape index (κ2) is 9.37. The number of carbonyl (C=O) groups is 1. The third-order valence-corrected chi connectivity index (χ3v) is 9.10. The molecular weight excluding hydrogens is 506 g/mol. The summed E-state index contributed by atoms with van der Waals surface area (Å²) in [7, 11) is -1.06. The molecule has 2 aromatic carbocycles. The Morgan fingerprint density at radius 2 is 1.79 bits per heavy atom. The maximum atomic E-state index is 13.3. The monoisotopic (exact) mass is 525 g/mol. The third kappa shape index (κ3) is 4.29. The first-order valence-electron chi connectivity index (χ1n) is 10.0. The summed E-state index contributed by atoms with van der Waals surface area (Å²) in [5.74, 6) is 0.239. The smallest absolute Gasteiger partial charge is 0.270 e. The Labute approximate surface area is 204 Å². The van der Waals surface area contributed by atoms with Gasteiger partial charge in [0, 0.05) is 54.5 Å². The average molecular weight is 526 g/mol. The summed E-state index contributed by atoms with van der Waals surface area (Å²) in [6.45, 7) is 0.495. The van der Waals surface area contributed by atoms with Crippen LogP contribution in [0, 0.1) is 10.1 Å². The lowest BCUT2D eigenvalue weighted by Crippen LogP contribution is -2.50. The number of rotatable bonds is 6. The van der Waals surface area contributed by atoms with Crippen molar-refractivity contribution in [3.8, 4) is 11.5 Å². The Bertz CT molecular complexity index is 1380. The molecule has 1 amide bonds. The molecule has 0 N–H and O–H groups in total. The average Bonchev–Trinajstić information content (AvgIpc) is 3.18. The highest BCUT2D eigenvalue weighted by molar-refractivity contribution is 7.89. The van der Waals surface area contributed by atoms with Gasteiger partial charge < -0.3 is 14.4 Å². The fourth-order valence-corrected chi connectivity index (χ4v) is 6.81. The molecule has 4 rings (SSSR count). The van der Waals surface area contributed by atoms with Crippen LogP contribution in [0.15, 0.2) is 41.3 Å².